The summed E-state index contributed by atoms with van der Waals surface area (Å²) < 4.78 is 0. The third-order valence-electron chi connectivity index (χ3n) is 1.99. The molecule has 5 heteroatoms. The molecule has 0 radical (unpaired) electrons. The zero-order valence-electron chi connectivity index (χ0n) is 8.56. The maximum absolute atomic E-state index is 4.32. The van der Waals surface area contributed by atoms with Crippen LogP contribution in [-0.2, 0) is 19.5 Å². The lowest BCUT2D eigenvalue weighted by atomic mass is 10.4. The van der Waals surface area contributed by atoms with Crippen molar-refractivity contribution in [2.24, 2.45) is 0 Å². The van der Waals surface area contributed by atoms with Crippen LogP contribution in [0.3, 0.4) is 0 Å². The summed E-state index contributed by atoms with van der Waals surface area (Å²) in [5.41, 5.74) is 2.97. The zero-order chi connectivity index (χ0) is 10.5. The average Bonchev–Trinajstić information content (AvgIpc) is 2.88. The first-order valence-electron chi connectivity index (χ1n) is 4.90. The second-order valence-electron chi connectivity index (χ2n) is 3.16. The molecule has 0 saturated carbocycles. The number of aromatic nitrogens is 2. The summed E-state index contributed by atoms with van der Waals surface area (Å²) in [6.07, 6.45) is 2.98. The molecule has 0 atom stereocenters. The van der Waals surface area contributed by atoms with E-state index in [9.17, 15) is 0 Å². The number of hydrogen-bond acceptors (Lipinski definition) is 5. The zero-order valence-corrected chi connectivity index (χ0v) is 10.2. The summed E-state index contributed by atoms with van der Waals surface area (Å²) >= 11 is 3.41. The minimum absolute atomic E-state index is 0.836. The van der Waals surface area contributed by atoms with Gasteiger partial charge in [0.2, 0.25) is 0 Å². The molecule has 2 aromatic heterocycles. The minimum atomic E-state index is 0.836. The Morgan fingerprint density at radius 3 is 2.93 bits per heavy atom. The van der Waals surface area contributed by atoms with Gasteiger partial charge in [-0.15, -0.1) is 22.7 Å². The number of nitrogens with one attached hydrogen (secondary N) is 1. The number of nitrogens with zero attached hydrogens (tertiary/aromatic N) is 2. The highest BCUT2D eigenvalue weighted by Crippen LogP contribution is 2.13. The predicted molar refractivity (Wildman–Crippen MR) is 64.1 cm³/mol. The molecule has 0 amide bonds. The summed E-state index contributed by atoms with van der Waals surface area (Å²) in [5, 5.41) is 6.63. The molecule has 0 aromatic carbocycles. The van der Waals surface area contributed by atoms with Crippen LogP contribution in [0, 0.1) is 0 Å². The summed E-state index contributed by atoms with van der Waals surface area (Å²) in [6.45, 7) is 3.85. The van der Waals surface area contributed by atoms with E-state index in [2.05, 4.69) is 27.6 Å². The first-order chi connectivity index (χ1) is 7.38. The van der Waals surface area contributed by atoms with E-state index in [0.717, 1.165) is 25.2 Å². The molecule has 2 rings (SSSR count). The molecule has 15 heavy (non-hydrogen) atoms. The van der Waals surface area contributed by atoms with E-state index in [4.69, 9.17) is 0 Å². The Hall–Kier alpha value is -0.780. The Morgan fingerprint density at radius 2 is 2.27 bits per heavy atom. The molecule has 0 spiro atoms. The minimum Gasteiger partial charge on any atom is -0.306 e. The molecule has 1 N–H and O–H groups in total. The van der Waals surface area contributed by atoms with Crippen LogP contribution in [0.15, 0.2) is 17.1 Å². The van der Waals surface area contributed by atoms with Crippen LogP contribution in [0.1, 0.15) is 22.5 Å². The normalized spacial score (nSPS) is 10.7. The van der Waals surface area contributed by atoms with Crippen molar-refractivity contribution >= 4 is 22.7 Å². The van der Waals surface area contributed by atoms with Gasteiger partial charge in [-0.3, -0.25) is 0 Å². The highest BCUT2D eigenvalue weighted by atomic mass is 32.1. The number of rotatable bonds is 5. The Bertz CT molecular complexity index is 394. The van der Waals surface area contributed by atoms with E-state index >= 15 is 0 Å². The largest absolute Gasteiger partial charge is 0.306 e. The smallest absolute Gasteiger partial charge is 0.0925 e. The molecule has 0 aliphatic heterocycles. The van der Waals surface area contributed by atoms with Crippen LogP contribution in [0.25, 0.3) is 0 Å². The van der Waals surface area contributed by atoms with Crippen molar-refractivity contribution in [3.8, 4) is 0 Å². The highest BCUT2D eigenvalue weighted by Gasteiger charge is 2.00. The molecule has 0 saturated heterocycles. The van der Waals surface area contributed by atoms with Gasteiger partial charge in [-0.05, 0) is 6.42 Å². The van der Waals surface area contributed by atoms with Crippen molar-refractivity contribution in [3.63, 3.8) is 0 Å². The second kappa shape index (κ2) is 5.34. The van der Waals surface area contributed by atoms with E-state index in [1.807, 2.05) is 11.7 Å². The quantitative estimate of drug-likeness (QED) is 0.871. The van der Waals surface area contributed by atoms with Gasteiger partial charge in [-0.25, -0.2) is 9.97 Å². The molecule has 0 aliphatic carbocycles. The van der Waals surface area contributed by atoms with Crippen molar-refractivity contribution in [2.45, 2.75) is 26.4 Å². The number of thiazole rings is 2. The summed E-state index contributed by atoms with van der Waals surface area (Å²) in [4.78, 5) is 9.82. The monoisotopic (exact) mass is 239 g/mol. The van der Waals surface area contributed by atoms with Crippen molar-refractivity contribution in [1.82, 2.24) is 15.3 Å². The van der Waals surface area contributed by atoms with Crippen LogP contribution < -0.4 is 5.32 Å². The molecule has 3 nitrogen and oxygen atoms in total. The lowest BCUT2D eigenvalue weighted by Crippen LogP contribution is -2.11. The van der Waals surface area contributed by atoms with Crippen LogP contribution in [-0.4, -0.2) is 9.97 Å². The molecule has 80 valence electrons. The summed E-state index contributed by atoms with van der Waals surface area (Å²) in [7, 11) is 0. The Morgan fingerprint density at radius 1 is 1.33 bits per heavy atom. The molecule has 0 bridgehead atoms. The first kappa shape index (κ1) is 10.7. The fourth-order valence-electron chi connectivity index (χ4n) is 1.23. The highest BCUT2D eigenvalue weighted by molar-refractivity contribution is 7.11. The van der Waals surface area contributed by atoms with Gasteiger partial charge in [-0.2, -0.15) is 0 Å². The topological polar surface area (TPSA) is 37.8 Å². The molecule has 0 unspecified atom stereocenters. The van der Waals surface area contributed by atoms with Crippen molar-refractivity contribution in [2.75, 3.05) is 0 Å². The van der Waals surface area contributed by atoms with Crippen LogP contribution in [0.2, 0.25) is 0 Å². The van der Waals surface area contributed by atoms with Crippen molar-refractivity contribution < 1.29 is 0 Å². The van der Waals surface area contributed by atoms with E-state index in [1.165, 1.54) is 9.88 Å². The first-order valence-corrected chi connectivity index (χ1v) is 6.65. The van der Waals surface area contributed by atoms with Crippen molar-refractivity contribution in [1.29, 1.82) is 0 Å². The predicted octanol–water partition coefficient (Wildman–Crippen LogP) is 2.45. The van der Waals surface area contributed by atoms with Gasteiger partial charge in [-0.1, -0.05) is 6.92 Å². The van der Waals surface area contributed by atoms with Gasteiger partial charge in [0.25, 0.3) is 0 Å². The maximum Gasteiger partial charge on any atom is 0.0925 e. The van der Waals surface area contributed by atoms with Gasteiger partial charge in [0.15, 0.2) is 0 Å². The van der Waals surface area contributed by atoms with Crippen LogP contribution in [0.5, 0.6) is 0 Å². The summed E-state index contributed by atoms with van der Waals surface area (Å²) in [5.74, 6) is 0. The van der Waals surface area contributed by atoms with Crippen LogP contribution in [0.4, 0.5) is 0 Å². The van der Waals surface area contributed by atoms with E-state index in [0.29, 0.717) is 0 Å². The number of aryl methyl sites for hydroxylation is 1. The van der Waals surface area contributed by atoms with E-state index in [1.54, 1.807) is 22.7 Å². The van der Waals surface area contributed by atoms with Gasteiger partial charge >= 0.3 is 0 Å². The third-order valence-corrected chi connectivity index (χ3v) is 3.77. The van der Waals surface area contributed by atoms with E-state index < -0.39 is 0 Å². The fourth-order valence-corrected chi connectivity index (χ4v) is 2.62. The molecular formula is C10H13N3S2. The summed E-state index contributed by atoms with van der Waals surface area (Å²) in [6, 6.07) is 0. The maximum atomic E-state index is 4.32. The van der Waals surface area contributed by atoms with Crippen LogP contribution >= 0.6 is 22.7 Å². The lowest BCUT2D eigenvalue weighted by molar-refractivity contribution is 0.689. The standard InChI is InChI=1S/C10H13N3S2/c1-2-10-12-5-9(15-10)4-11-3-8-6-14-7-13-8/h5-7,11H,2-4H2,1H3. The van der Waals surface area contributed by atoms with E-state index in [-0.39, 0.29) is 0 Å². The molecular weight excluding hydrogens is 226 g/mol. The second-order valence-corrected chi connectivity index (χ2v) is 5.08. The molecule has 2 heterocycles. The molecule has 0 aliphatic rings. The molecule has 2 aromatic rings. The SMILES string of the molecule is CCc1ncc(CNCc2cscn2)s1. The molecule has 0 fully saturated rings. The Kier molecular flexibility index (Phi) is 3.82. The van der Waals surface area contributed by atoms with Gasteiger partial charge in [0, 0.05) is 29.5 Å². The number of hydrogen-bond donors (Lipinski definition) is 1. The fraction of sp³-hybridized carbons (Fsp3) is 0.400. The lowest BCUT2D eigenvalue weighted by Gasteiger charge is -1.98. The van der Waals surface area contributed by atoms with Gasteiger partial charge in [0.1, 0.15) is 0 Å². The van der Waals surface area contributed by atoms with Gasteiger partial charge < -0.3 is 5.32 Å². The third kappa shape index (κ3) is 3.09. The van der Waals surface area contributed by atoms with Gasteiger partial charge in [0.05, 0.1) is 16.2 Å². The Balaban J connectivity index is 1.78. The van der Waals surface area contributed by atoms with Crippen molar-refractivity contribution in [3.05, 3.63) is 32.7 Å². The average molecular weight is 239 g/mol. The Labute approximate surface area is 97.2 Å².